The highest BCUT2D eigenvalue weighted by Crippen LogP contribution is 2.32. The van der Waals surface area contributed by atoms with Crippen molar-refractivity contribution in [1.29, 1.82) is 0 Å². The SMILES string of the molecule is CC1CCCN(c2cccc(S(C)(=O)=O)c2N)C1. The molecule has 1 atom stereocenters. The van der Waals surface area contributed by atoms with Crippen molar-refractivity contribution in [3.63, 3.8) is 0 Å². The van der Waals surface area contributed by atoms with Gasteiger partial charge in [-0.1, -0.05) is 13.0 Å². The Hall–Kier alpha value is -1.23. The minimum atomic E-state index is -3.26. The Bertz CT molecular complexity index is 540. The molecule has 0 spiro atoms. The average molecular weight is 268 g/mol. The number of nitrogen functional groups attached to an aromatic ring is 1. The van der Waals surface area contributed by atoms with Gasteiger partial charge in [-0.15, -0.1) is 0 Å². The van der Waals surface area contributed by atoms with Gasteiger partial charge in [0.25, 0.3) is 0 Å². The maximum absolute atomic E-state index is 11.7. The molecule has 2 rings (SSSR count). The van der Waals surface area contributed by atoms with Gasteiger partial charge >= 0.3 is 0 Å². The van der Waals surface area contributed by atoms with Crippen LogP contribution in [0, 0.1) is 5.92 Å². The van der Waals surface area contributed by atoms with Crippen LogP contribution in [0.3, 0.4) is 0 Å². The summed E-state index contributed by atoms with van der Waals surface area (Å²) < 4.78 is 23.3. The maximum Gasteiger partial charge on any atom is 0.177 e. The van der Waals surface area contributed by atoms with Crippen molar-refractivity contribution < 1.29 is 8.42 Å². The highest BCUT2D eigenvalue weighted by Gasteiger charge is 2.21. The quantitative estimate of drug-likeness (QED) is 0.832. The summed E-state index contributed by atoms with van der Waals surface area (Å²) in [5, 5.41) is 0. The molecular formula is C13H20N2O2S. The molecule has 1 unspecified atom stereocenters. The molecule has 2 N–H and O–H groups in total. The van der Waals surface area contributed by atoms with E-state index in [-0.39, 0.29) is 4.90 Å². The van der Waals surface area contributed by atoms with Crippen LogP contribution in [0.25, 0.3) is 0 Å². The molecule has 0 amide bonds. The third kappa shape index (κ3) is 2.61. The fourth-order valence-corrected chi connectivity index (χ4v) is 3.37. The smallest absolute Gasteiger partial charge is 0.177 e. The van der Waals surface area contributed by atoms with Gasteiger partial charge in [-0.3, -0.25) is 0 Å². The van der Waals surface area contributed by atoms with E-state index in [1.807, 2.05) is 6.07 Å². The number of hydrogen-bond acceptors (Lipinski definition) is 4. The van der Waals surface area contributed by atoms with Crippen molar-refractivity contribution in [2.75, 3.05) is 30.0 Å². The van der Waals surface area contributed by atoms with Gasteiger partial charge in [-0.25, -0.2) is 8.42 Å². The van der Waals surface area contributed by atoms with Gasteiger partial charge in [-0.2, -0.15) is 0 Å². The highest BCUT2D eigenvalue weighted by atomic mass is 32.2. The summed E-state index contributed by atoms with van der Waals surface area (Å²) in [4.78, 5) is 2.43. The predicted octanol–water partition coefficient (Wildman–Crippen LogP) is 1.91. The summed E-state index contributed by atoms with van der Waals surface area (Å²) in [6, 6.07) is 5.24. The first-order valence-electron chi connectivity index (χ1n) is 6.23. The Balaban J connectivity index is 2.40. The summed E-state index contributed by atoms with van der Waals surface area (Å²) >= 11 is 0. The van der Waals surface area contributed by atoms with Crippen LogP contribution in [-0.4, -0.2) is 27.8 Å². The summed E-state index contributed by atoms with van der Waals surface area (Å²) in [6.45, 7) is 4.10. The van der Waals surface area contributed by atoms with E-state index >= 15 is 0 Å². The Labute approximate surface area is 109 Å². The average Bonchev–Trinajstić information content (AvgIpc) is 2.27. The lowest BCUT2D eigenvalue weighted by Gasteiger charge is -2.33. The van der Waals surface area contributed by atoms with E-state index in [4.69, 9.17) is 5.73 Å². The van der Waals surface area contributed by atoms with E-state index in [9.17, 15) is 8.42 Å². The molecule has 18 heavy (non-hydrogen) atoms. The van der Waals surface area contributed by atoms with Gasteiger partial charge in [-0.05, 0) is 30.9 Å². The Morgan fingerprint density at radius 2 is 2.11 bits per heavy atom. The summed E-state index contributed by atoms with van der Waals surface area (Å²) in [7, 11) is -3.26. The molecule has 4 nitrogen and oxygen atoms in total. The van der Waals surface area contributed by atoms with E-state index in [1.165, 1.54) is 12.7 Å². The van der Waals surface area contributed by atoms with Crippen LogP contribution in [0.2, 0.25) is 0 Å². The molecule has 5 heteroatoms. The molecule has 0 aliphatic carbocycles. The Morgan fingerprint density at radius 3 is 2.72 bits per heavy atom. The second-order valence-electron chi connectivity index (χ2n) is 5.15. The van der Waals surface area contributed by atoms with Crippen molar-refractivity contribution >= 4 is 21.2 Å². The molecule has 0 radical (unpaired) electrons. The van der Waals surface area contributed by atoms with Crippen LogP contribution in [0.1, 0.15) is 19.8 Å². The third-order valence-electron chi connectivity index (χ3n) is 3.44. The van der Waals surface area contributed by atoms with Gasteiger partial charge in [0, 0.05) is 19.3 Å². The lowest BCUT2D eigenvalue weighted by molar-refractivity contribution is 0.447. The van der Waals surface area contributed by atoms with E-state index in [1.54, 1.807) is 12.1 Å². The number of rotatable bonds is 2. The molecular weight excluding hydrogens is 248 g/mol. The second kappa shape index (κ2) is 4.80. The fourth-order valence-electron chi connectivity index (χ4n) is 2.54. The van der Waals surface area contributed by atoms with Crippen LogP contribution < -0.4 is 10.6 Å². The van der Waals surface area contributed by atoms with Crippen molar-refractivity contribution in [2.24, 2.45) is 5.92 Å². The number of anilines is 2. The minimum absolute atomic E-state index is 0.234. The highest BCUT2D eigenvalue weighted by molar-refractivity contribution is 7.90. The third-order valence-corrected chi connectivity index (χ3v) is 4.60. The predicted molar refractivity (Wildman–Crippen MR) is 74.6 cm³/mol. The molecule has 1 saturated heterocycles. The Kier molecular flexibility index (Phi) is 3.52. The van der Waals surface area contributed by atoms with Gasteiger partial charge in [0.2, 0.25) is 0 Å². The van der Waals surface area contributed by atoms with Crippen LogP contribution in [0.5, 0.6) is 0 Å². The van der Waals surface area contributed by atoms with Crippen molar-refractivity contribution in [3.05, 3.63) is 18.2 Å². The standard InChI is InChI=1S/C13H20N2O2S/c1-10-5-4-8-15(9-10)11-6-3-7-12(13(11)14)18(2,16)17/h3,6-7,10H,4-5,8-9,14H2,1-2H3. The van der Waals surface area contributed by atoms with Gasteiger partial charge < -0.3 is 10.6 Å². The molecule has 1 aliphatic rings. The van der Waals surface area contributed by atoms with E-state index in [0.29, 0.717) is 11.6 Å². The molecule has 1 aromatic carbocycles. The number of piperidine rings is 1. The van der Waals surface area contributed by atoms with E-state index in [2.05, 4.69) is 11.8 Å². The first-order valence-corrected chi connectivity index (χ1v) is 8.12. The molecule has 1 aromatic rings. The van der Waals surface area contributed by atoms with Crippen LogP contribution >= 0.6 is 0 Å². The monoisotopic (exact) mass is 268 g/mol. The molecule has 100 valence electrons. The number of para-hydroxylation sites is 1. The van der Waals surface area contributed by atoms with E-state index < -0.39 is 9.84 Å². The van der Waals surface area contributed by atoms with Crippen molar-refractivity contribution in [3.8, 4) is 0 Å². The van der Waals surface area contributed by atoms with Crippen LogP contribution in [-0.2, 0) is 9.84 Å². The largest absolute Gasteiger partial charge is 0.396 e. The zero-order valence-electron chi connectivity index (χ0n) is 10.9. The summed E-state index contributed by atoms with van der Waals surface area (Å²) in [6.07, 6.45) is 3.55. The first-order chi connectivity index (χ1) is 8.39. The lowest BCUT2D eigenvalue weighted by Crippen LogP contribution is -2.34. The van der Waals surface area contributed by atoms with Gasteiger partial charge in [0.1, 0.15) is 0 Å². The molecule has 0 bridgehead atoms. The topological polar surface area (TPSA) is 63.4 Å². The number of sulfone groups is 1. The zero-order chi connectivity index (χ0) is 13.3. The molecule has 0 saturated carbocycles. The maximum atomic E-state index is 11.7. The normalized spacial score (nSPS) is 21.0. The van der Waals surface area contributed by atoms with Gasteiger partial charge in [0.05, 0.1) is 16.3 Å². The molecule has 1 heterocycles. The number of benzene rings is 1. The van der Waals surface area contributed by atoms with Crippen LogP contribution in [0.4, 0.5) is 11.4 Å². The summed E-state index contributed by atoms with van der Waals surface area (Å²) in [5.74, 6) is 0.625. The molecule has 1 fully saturated rings. The minimum Gasteiger partial charge on any atom is -0.396 e. The van der Waals surface area contributed by atoms with Crippen molar-refractivity contribution in [2.45, 2.75) is 24.7 Å². The van der Waals surface area contributed by atoms with Crippen LogP contribution in [0.15, 0.2) is 23.1 Å². The lowest BCUT2D eigenvalue weighted by atomic mass is 9.99. The van der Waals surface area contributed by atoms with Crippen molar-refractivity contribution in [1.82, 2.24) is 0 Å². The fraction of sp³-hybridized carbons (Fsp3) is 0.538. The number of nitrogens with two attached hydrogens (primary N) is 1. The zero-order valence-corrected chi connectivity index (χ0v) is 11.7. The van der Waals surface area contributed by atoms with E-state index in [0.717, 1.165) is 25.2 Å². The number of hydrogen-bond donors (Lipinski definition) is 1. The number of nitrogens with zero attached hydrogens (tertiary/aromatic N) is 1. The molecule has 1 aliphatic heterocycles. The van der Waals surface area contributed by atoms with Gasteiger partial charge in [0.15, 0.2) is 9.84 Å². The summed E-state index contributed by atoms with van der Waals surface area (Å²) in [5.41, 5.74) is 7.26. The molecule has 0 aromatic heterocycles. The Morgan fingerprint density at radius 1 is 1.39 bits per heavy atom. The second-order valence-corrected chi connectivity index (χ2v) is 7.14. The first kappa shape index (κ1) is 13.2.